The number of ether oxygens (including phenoxy) is 2. The van der Waals surface area contributed by atoms with Crippen LogP contribution in [0.2, 0.25) is 0 Å². The van der Waals surface area contributed by atoms with Crippen molar-refractivity contribution < 1.29 is 9.47 Å². The van der Waals surface area contributed by atoms with Crippen LogP contribution in [-0.2, 0) is 0 Å². The summed E-state index contributed by atoms with van der Waals surface area (Å²) in [4.78, 5) is 12.5. The van der Waals surface area contributed by atoms with Gasteiger partial charge in [0, 0.05) is 23.3 Å². The smallest absolute Gasteiger partial charge is 0.323 e. The lowest BCUT2D eigenvalue weighted by Gasteiger charge is -2.10. The summed E-state index contributed by atoms with van der Waals surface area (Å²) >= 11 is 3.42. The van der Waals surface area contributed by atoms with E-state index in [2.05, 4.69) is 41.5 Å². The molecule has 2 rings (SSSR count). The fourth-order valence-corrected chi connectivity index (χ4v) is 2.07. The van der Waals surface area contributed by atoms with Gasteiger partial charge in [-0.25, -0.2) is 0 Å². The van der Waals surface area contributed by atoms with Crippen molar-refractivity contribution in [2.24, 2.45) is 0 Å². The molecule has 0 atom stereocenters. The predicted molar refractivity (Wildman–Crippen MR) is 84.5 cm³/mol. The zero-order valence-electron chi connectivity index (χ0n) is 12.0. The lowest BCUT2D eigenvalue weighted by Crippen LogP contribution is -2.07. The Hall–Kier alpha value is -2.09. The monoisotopic (exact) mass is 353 g/mol. The molecule has 0 spiro atoms. The van der Waals surface area contributed by atoms with Crippen LogP contribution < -0.4 is 20.1 Å². The average molecular weight is 354 g/mol. The summed E-state index contributed by atoms with van der Waals surface area (Å²) in [6.45, 7) is 2.35. The molecule has 0 saturated carbocycles. The number of rotatable bonds is 6. The van der Waals surface area contributed by atoms with Gasteiger partial charge >= 0.3 is 6.01 Å². The number of nitrogens with zero attached hydrogens (tertiary/aromatic N) is 3. The molecule has 0 bridgehead atoms. The van der Waals surface area contributed by atoms with Crippen molar-refractivity contribution in [2.75, 3.05) is 31.4 Å². The largest absolute Gasteiger partial charge is 0.497 e. The fourth-order valence-electron chi connectivity index (χ4n) is 1.60. The molecule has 7 nitrogen and oxygen atoms in total. The van der Waals surface area contributed by atoms with Crippen LogP contribution in [0.25, 0.3) is 0 Å². The minimum atomic E-state index is 0.265. The first-order valence-electron chi connectivity index (χ1n) is 6.32. The molecule has 1 aromatic heterocycles. The van der Waals surface area contributed by atoms with Crippen LogP contribution in [0, 0.1) is 0 Å². The highest BCUT2D eigenvalue weighted by atomic mass is 79.9. The van der Waals surface area contributed by atoms with Crippen LogP contribution in [-0.4, -0.2) is 35.7 Å². The van der Waals surface area contributed by atoms with E-state index in [0.717, 1.165) is 15.9 Å². The molecule has 8 heteroatoms. The summed E-state index contributed by atoms with van der Waals surface area (Å²) in [5.74, 6) is 1.54. The fraction of sp³-hybridized carbons (Fsp3) is 0.308. The molecule has 0 amide bonds. The summed E-state index contributed by atoms with van der Waals surface area (Å²) in [5, 5.41) is 5.97. The van der Waals surface area contributed by atoms with E-state index in [1.807, 2.05) is 25.1 Å². The van der Waals surface area contributed by atoms with Crippen molar-refractivity contribution in [3.63, 3.8) is 0 Å². The molecule has 0 fully saturated rings. The van der Waals surface area contributed by atoms with Gasteiger partial charge in [-0.1, -0.05) is 15.9 Å². The first-order valence-corrected chi connectivity index (χ1v) is 7.12. The Kier molecular flexibility index (Phi) is 5.15. The third kappa shape index (κ3) is 4.19. The second kappa shape index (κ2) is 7.07. The maximum absolute atomic E-state index is 5.32. The molecule has 0 saturated heterocycles. The molecule has 0 radical (unpaired) electrons. The van der Waals surface area contributed by atoms with Crippen molar-refractivity contribution in [1.82, 2.24) is 15.0 Å². The zero-order chi connectivity index (χ0) is 15.2. The number of anilines is 3. The van der Waals surface area contributed by atoms with E-state index < -0.39 is 0 Å². The first-order chi connectivity index (χ1) is 10.1. The Balaban J connectivity index is 2.29. The lowest BCUT2D eigenvalue weighted by atomic mass is 10.3. The van der Waals surface area contributed by atoms with Gasteiger partial charge in [-0.05, 0) is 19.1 Å². The first kappa shape index (κ1) is 15.3. The number of methoxy groups -OCH3 is 1. The maximum Gasteiger partial charge on any atom is 0.323 e. The number of aromatic nitrogens is 3. The van der Waals surface area contributed by atoms with Gasteiger partial charge in [-0.15, -0.1) is 0 Å². The molecule has 1 heterocycles. The molecule has 0 aliphatic rings. The normalized spacial score (nSPS) is 10.1. The third-order valence-electron chi connectivity index (χ3n) is 2.48. The minimum absolute atomic E-state index is 0.265. The molecule has 0 unspecified atom stereocenters. The van der Waals surface area contributed by atoms with E-state index in [4.69, 9.17) is 9.47 Å². The Labute approximate surface area is 131 Å². The Morgan fingerprint density at radius 3 is 2.57 bits per heavy atom. The molecule has 0 aliphatic heterocycles. The number of benzene rings is 1. The van der Waals surface area contributed by atoms with Crippen LogP contribution in [0.5, 0.6) is 11.8 Å². The minimum Gasteiger partial charge on any atom is -0.497 e. The van der Waals surface area contributed by atoms with Gasteiger partial charge in [0.05, 0.1) is 13.7 Å². The van der Waals surface area contributed by atoms with Crippen molar-refractivity contribution in [3.05, 3.63) is 22.7 Å². The lowest BCUT2D eigenvalue weighted by molar-refractivity contribution is 0.312. The van der Waals surface area contributed by atoms with Gasteiger partial charge in [-0.2, -0.15) is 15.0 Å². The van der Waals surface area contributed by atoms with E-state index in [1.165, 1.54) is 0 Å². The zero-order valence-corrected chi connectivity index (χ0v) is 13.6. The maximum atomic E-state index is 5.32. The Morgan fingerprint density at radius 1 is 1.14 bits per heavy atom. The highest BCUT2D eigenvalue weighted by molar-refractivity contribution is 9.10. The molecule has 112 valence electrons. The number of nitrogens with one attached hydrogen (secondary N) is 2. The quantitative estimate of drug-likeness (QED) is 0.826. The van der Waals surface area contributed by atoms with Crippen LogP contribution in [0.4, 0.5) is 17.6 Å². The van der Waals surface area contributed by atoms with E-state index in [-0.39, 0.29) is 6.01 Å². The van der Waals surface area contributed by atoms with Gasteiger partial charge < -0.3 is 20.1 Å². The van der Waals surface area contributed by atoms with Crippen LogP contribution in [0.1, 0.15) is 6.92 Å². The summed E-state index contributed by atoms with van der Waals surface area (Å²) in [7, 11) is 3.35. The van der Waals surface area contributed by atoms with Crippen LogP contribution >= 0.6 is 15.9 Å². The van der Waals surface area contributed by atoms with E-state index in [1.54, 1.807) is 14.2 Å². The van der Waals surface area contributed by atoms with Crippen molar-refractivity contribution in [3.8, 4) is 11.8 Å². The van der Waals surface area contributed by atoms with Gasteiger partial charge in [0.25, 0.3) is 0 Å². The molecule has 2 aromatic rings. The van der Waals surface area contributed by atoms with Gasteiger partial charge in [0.2, 0.25) is 11.9 Å². The molecular formula is C13H16BrN5O2. The van der Waals surface area contributed by atoms with Crippen molar-refractivity contribution in [2.45, 2.75) is 6.92 Å². The molecule has 2 N–H and O–H groups in total. The highest BCUT2D eigenvalue weighted by Gasteiger charge is 2.08. The van der Waals surface area contributed by atoms with Crippen molar-refractivity contribution in [1.29, 1.82) is 0 Å². The predicted octanol–water partition coefficient (Wildman–Crippen LogP) is 2.83. The van der Waals surface area contributed by atoms with E-state index in [9.17, 15) is 0 Å². The number of halogens is 1. The highest BCUT2D eigenvalue weighted by Crippen LogP contribution is 2.26. The number of hydrogen-bond acceptors (Lipinski definition) is 7. The molecule has 21 heavy (non-hydrogen) atoms. The van der Waals surface area contributed by atoms with Gasteiger partial charge in [0.1, 0.15) is 5.75 Å². The Morgan fingerprint density at radius 2 is 1.90 bits per heavy atom. The Bertz CT molecular complexity index is 624. The van der Waals surface area contributed by atoms with E-state index >= 15 is 0 Å². The average Bonchev–Trinajstić information content (AvgIpc) is 2.46. The third-order valence-corrected chi connectivity index (χ3v) is 2.93. The van der Waals surface area contributed by atoms with Gasteiger partial charge in [-0.3, -0.25) is 0 Å². The summed E-state index contributed by atoms with van der Waals surface area (Å²) in [6.07, 6.45) is 0. The SMILES string of the molecule is CCOc1nc(NC)nc(Nc2cc(Br)cc(OC)c2)n1. The van der Waals surface area contributed by atoms with Gasteiger partial charge in [0.15, 0.2) is 0 Å². The summed E-state index contributed by atoms with van der Waals surface area (Å²) in [6, 6.07) is 5.87. The van der Waals surface area contributed by atoms with E-state index in [0.29, 0.717) is 18.5 Å². The van der Waals surface area contributed by atoms with Crippen LogP contribution in [0.3, 0.4) is 0 Å². The molecule has 0 aliphatic carbocycles. The van der Waals surface area contributed by atoms with Crippen LogP contribution in [0.15, 0.2) is 22.7 Å². The summed E-state index contributed by atoms with van der Waals surface area (Å²) in [5.41, 5.74) is 0.789. The van der Waals surface area contributed by atoms with Crippen molar-refractivity contribution >= 4 is 33.5 Å². The number of hydrogen-bond donors (Lipinski definition) is 2. The second-order valence-electron chi connectivity index (χ2n) is 3.95. The second-order valence-corrected chi connectivity index (χ2v) is 4.87. The molecule has 1 aromatic carbocycles. The standard InChI is InChI=1S/C13H16BrN5O2/c1-4-21-13-18-11(15-2)17-12(19-13)16-9-5-8(14)6-10(7-9)20-3/h5-7H,4H2,1-3H3,(H2,15,16,17,18,19). The topological polar surface area (TPSA) is 81.2 Å². The molecular weight excluding hydrogens is 338 g/mol. The summed E-state index contributed by atoms with van der Waals surface area (Å²) < 4.78 is 11.4.